The van der Waals surface area contributed by atoms with Crippen LogP contribution in [0.15, 0.2) is 168 Å². The molecule has 0 fully saturated rings. The molecule has 4 nitrogen and oxygen atoms in total. The van der Waals surface area contributed by atoms with Gasteiger partial charge in [-0.3, -0.25) is 0 Å². The Balaban J connectivity index is 1.21. The maximum Gasteiger partial charge on any atom is 0.164 e. The number of rotatable bonds is 5. The van der Waals surface area contributed by atoms with E-state index in [2.05, 4.69) is 30.3 Å². The number of para-hydroxylation sites is 1. The van der Waals surface area contributed by atoms with Crippen LogP contribution in [0.25, 0.3) is 89.1 Å². The maximum atomic E-state index is 9.42. The Hall–Kier alpha value is -6.39. The molecule has 0 bridgehead atoms. The van der Waals surface area contributed by atoms with Gasteiger partial charge in [0.2, 0.25) is 0 Å². The summed E-state index contributed by atoms with van der Waals surface area (Å²) in [6, 6.07) is 47.4. The molecule has 0 saturated carbocycles. The van der Waals surface area contributed by atoms with Gasteiger partial charge in [0.1, 0.15) is 11.2 Å². The van der Waals surface area contributed by atoms with Crippen molar-refractivity contribution < 1.29 is 8.53 Å². The van der Waals surface area contributed by atoms with Gasteiger partial charge in [-0.25, -0.2) is 15.0 Å². The molecule has 0 atom stereocenters. The maximum absolute atomic E-state index is 9.42. The van der Waals surface area contributed by atoms with Crippen LogP contribution in [0.5, 0.6) is 0 Å². The minimum Gasteiger partial charge on any atom is -0.456 e. The number of benzene rings is 7. The molecule has 0 N–H and O–H groups in total. The van der Waals surface area contributed by atoms with Gasteiger partial charge in [-0.2, -0.15) is 0 Å². The monoisotopic (exact) mass is 604 g/mol. The molecule has 0 unspecified atom stereocenters. The van der Waals surface area contributed by atoms with E-state index in [1.165, 1.54) is 11.5 Å². The number of fused-ring (bicyclic) bond motifs is 4. The third-order valence-corrected chi connectivity index (χ3v) is 8.47. The molecule has 4 heteroatoms. The van der Waals surface area contributed by atoms with Gasteiger partial charge in [-0.1, -0.05) is 139 Å². The van der Waals surface area contributed by atoms with Crippen molar-refractivity contribution in [1.29, 1.82) is 0 Å². The van der Waals surface area contributed by atoms with E-state index in [4.69, 9.17) is 22.1 Å². The standard InChI is InChI=1S/C43H27N3O/c1-2-11-31(12-3-1)41-44-42(46-43(45-41)37-17-9-19-39-40(37)36-16-6-7-18-38(36)47-39)35-15-8-14-33(27-35)29-20-22-30(23-21-29)34-25-24-28-10-4-5-13-32(28)26-34/h1-27H/i14D,15D,27D. The number of furan rings is 1. The molecule has 7 aromatic carbocycles. The van der Waals surface area contributed by atoms with Crippen LogP contribution in [0.3, 0.4) is 0 Å². The zero-order chi connectivity index (χ0) is 33.8. The van der Waals surface area contributed by atoms with Gasteiger partial charge in [0, 0.05) is 27.5 Å². The van der Waals surface area contributed by atoms with E-state index in [0.29, 0.717) is 28.4 Å². The van der Waals surface area contributed by atoms with Gasteiger partial charge < -0.3 is 4.42 Å². The predicted octanol–water partition coefficient (Wildman–Crippen LogP) is 11.3. The van der Waals surface area contributed by atoms with Crippen molar-refractivity contribution in [3.8, 4) is 56.4 Å². The van der Waals surface area contributed by atoms with E-state index < -0.39 is 0 Å². The summed E-state index contributed by atoms with van der Waals surface area (Å²) in [4.78, 5) is 14.7. The second-order valence-electron chi connectivity index (χ2n) is 11.4. The van der Waals surface area contributed by atoms with E-state index in [0.717, 1.165) is 44.0 Å². The first-order chi connectivity index (χ1) is 24.5. The smallest absolute Gasteiger partial charge is 0.164 e. The normalized spacial score (nSPS) is 12.3. The third kappa shape index (κ3) is 4.93. The quantitative estimate of drug-likeness (QED) is 0.196. The van der Waals surface area contributed by atoms with Crippen LogP contribution in [0.2, 0.25) is 0 Å². The van der Waals surface area contributed by atoms with Crippen molar-refractivity contribution in [2.24, 2.45) is 0 Å². The van der Waals surface area contributed by atoms with Gasteiger partial charge in [0.05, 0.1) is 4.11 Å². The Kier molecular flexibility index (Phi) is 5.70. The molecule has 2 aromatic heterocycles. The molecular weight excluding hydrogens is 574 g/mol. The van der Waals surface area contributed by atoms with Crippen molar-refractivity contribution in [3.63, 3.8) is 0 Å². The molecule has 0 aliphatic carbocycles. The molecule has 0 radical (unpaired) electrons. The summed E-state index contributed by atoms with van der Waals surface area (Å²) in [6.07, 6.45) is 0. The fourth-order valence-electron chi connectivity index (χ4n) is 6.14. The van der Waals surface area contributed by atoms with E-state index in [9.17, 15) is 1.37 Å². The third-order valence-electron chi connectivity index (χ3n) is 8.47. The Morgan fingerprint density at radius 2 is 1.06 bits per heavy atom. The summed E-state index contributed by atoms with van der Waals surface area (Å²) < 4.78 is 33.4. The molecular formula is C43H27N3O. The first-order valence-corrected chi connectivity index (χ1v) is 15.4. The van der Waals surface area contributed by atoms with Crippen molar-refractivity contribution in [2.45, 2.75) is 0 Å². The number of hydrogen-bond donors (Lipinski definition) is 0. The Labute approximate surface area is 275 Å². The second-order valence-corrected chi connectivity index (χ2v) is 11.4. The Morgan fingerprint density at radius 3 is 1.91 bits per heavy atom. The van der Waals surface area contributed by atoms with Gasteiger partial charge in [0.15, 0.2) is 17.5 Å². The van der Waals surface area contributed by atoms with E-state index in [-0.39, 0.29) is 29.5 Å². The van der Waals surface area contributed by atoms with Crippen molar-refractivity contribution >= 4 is 32.7 Å². The molecule has 0 aliphatic heterocycles. The highest BCUT2D eigenvalue weighted by Crippen LogP contribution is 2.37. The molecule has 0 spiro atoms. The second kappa shape index (κ2) is 11.2. The van der Waals surface area contributed by atoms with Crippen molar-refractivity contribution in [2.75, 3.05) is 0 Å². The number of aromatic nitrogens is 3. The van der Waals surface area contributed by atoms with Crippen LogP contribution >= 0.6 is 0 Å². The van der Waals surface area contributed by atoms with Gasteiger partial charge >= 0.3 is 0 Å². The van der Waals surface area contributed by atoms with Gasteiger partial charge in [0.25, 0.3) is 0 Å². The predicted molar refractivity (Wildman–Crippen MR) is 192 cm³/mol. The zero-order valence-electron chi connectivity index (χ0n) is 28.1. The zero-order valence-corrected chi connectivity index (χ0v) is 25.1. The van der Waals surface area contributed by atoms with Crippen LogP contribution in [-0.4, -0.2) is 15.0 Å². The summed E-state index contributed by atoms with van der Waals surface area (Å²) >= 11 is 0. The molecule has 0 aliphatic rings. The highest BCUT2D eigenvalue weighted by atomic mass is 16.3. The van der Waals surface area contributed by atoms with Crippen LogP contribution in [-0.2, 0) is 0 Å². The minimum atomic E-state index is -0.000310. The summed E-state index contributed by atoms with van der Waals surface area (Å²) in [5.74, 6) is 1.02. The van der Waals surface area contributed by atoms with Crippen molar-refractivity contribution in [1.82, 2.24) is 15.0 Å². The van der Waals surface area contributed by atoms with Gasteiger partial charge in [-0.05, 0) is 57.3 Å². The Morgan fingerprint density at radius 1 is 0.426 bits per heavy atom. The largest absolute Gasteiger partial charge is 0.456 e. The lowest BCUT2D eigenvalue weighted by Crippen LogP contribution is -2.00. The minimum absolute atomic E-state index is 0.000310. The fraction of sp³-hybridized carbons (Fsp3) is 0. The van der Waals surface area contributed by atoms with E-state index >= 15 is 0 Å². The average molecular weight is 605 g/mol. The molecule has 2 heterocycles. The summed E-state index contributed by atoms with van der Waals surface area (Å²) in [5, 5.41) is 4.16. The first-order valence-electron chi connectivity index (χ1n) is 16.9. The average Bonchev–Trinajstić information content (AvgIpc) is 3.54. The van der Waals surface area contributed by atoms with E-state index in [1.54, 1.807) is 0 Å². The SMILES string of the molecule is [2H]c1cc([2H])c(-c2nc(-c3ccccc3)nc(-c3cccc4oc5ccccc5c34)n2)c([2H])c1-c1ccc(-c2ccc3ccccc3c2)cc1. The van der Waals surface area contributed by atoms with Crippen molar-refractivity contribution in [3.05, 3.63) is 164 Å². The highest BCUT2D eigenvalue weighted by molar-refractivity contribution is 6.11. The lowest BCUT2D eigenvalue weighted by molar-refractivity contribution is 0.669. The number of nitrogens with zero attached hydrogens (tertiary/aromatic N) is 3. The molecule has 0 saturated heterocycles. The lowest BCUT2D eigenvalue weighted by atomic mass is 9.97. The van der Waals surface area contributed by atoms with Crippen LogP contribution < -0.4 is 0 Å². The highest BCUT2D eigenvalue weighted by Gasteiger charge is 2.18. The summed E-state index contributed by atoms with van der Waals surface area (Å²) in [6.45, 7) is 0. The summed E-state index contributed by atoms with van der Waals surface area (Å²) in [5.41, 5.74) is 6.48. The van der Waals surface area contributed by atoms with Crippen LogP contribution in [0.1, 0.15) is 4.11 Å². The summed E-state index contributed by atoms with van der Waals surface area (Å²) in [7, 11) is 0. The van der Waals surface area contributed by atoms with Gasteiger partial charge in [-0.15, -0.1) is 0 Å². The first kappa shape index (κ1) is 23.9. The fourth-order valence-corrected chi connectivity index (χ4v) is 6.14. The number of hydrogen-bond acceptors (Lipinski definition) is 4. The lowest BCUT2D eigenvalue weighted by Gasteiger charge is -2.11. The molecule has 220 valence electrons. The topological polar surface area (TPSA) is 51.8 Å². The van der Waals surface area contributed by atoms with Crippen LogP contribution in [0, 0.1) is 0 Å². The molecule has 0 amide bonds. The van der Waals surface area contributed by atoms with Crippen LogP contribution in [0.4, 0.5) is 0 Å². The molecule has 47 heavy (non-hydrogen) atoms. The van der Waals surface area contributed by atoms with E-state index in [1.807, 2.05) is 109 Å². The Bertz CT molecular complexity index is 2740. The molecule has 9 rings (SSSR count). The molecule has 9 aromatic rings.